The maximum absolute atomic E-state index is 13.3. The molecule has 3 aromatic rings. The molecular weight excluding hydrogens is 442 g/mol. The molecule has 7 nitrogen and oxygen atoms in total. The van der Waals surface area contributed by atoms with Gasteiger partial charge in [-0.05, 0) is 47.7 Å². The van der Waals surface area contributed by atoms with Gasteiger partial charge in [0.2, 0.25) is 11.8 Å². The van der Waals surface area contributed by atoms with Crippen molar-refractivity contribution >= 4 is 23.6 Å². The third-order valence-corrected chi connectivity index (χ3v) is 6.50. The Bertz CT molecular complexity index is 1300. The van der Waals surface area contributed by atoms with Crippen molar-refractivity contribution in [2.45, 2.75) is 31.8 Å². The maximum Gasteiger partial charge on any atom is 0.262 e. The van der Waals surface area contributed by atoms with E-state index in [1.165, 1.54) is 5.56 Å². The highest BCUT2D eigenvalue weighted by atomic mass is 16.2. The zero-order valence-corrected chi connectivity index (χ0v) is 19.1. The molecule has 5 rings (SSSR count). The molecular formula is C28H25N3O4. The average molecular weight is 468 g/mol. The number of hydrogen-bond acceptors (Lipinski definition) is 5. The van der Waals surface area contributed by atoms with Crippen LogP contribution in [-0.4, -0.2) is 41.1 Å². The molecule has 2 aliphatic rings. The minimum Gasteiger partial charge on any atom is -0.312 e. The largest absolute Gasteiger partial charge is 0.312 e. The molecule has 35 heavy (non-hydrogen) atoms. The van der Waals surface area contributed by atoms with Crippen molar-refractivity contribution in [1.82, 2.24) is 15.5 Å². The first kappa shape index (κ1) is 22.7. The number of benzene rings is 3. The Kier molecular flexibility index (Phi) is 6.25. The molecule has 0 saturated carbocycles. The first-order chi connectivity index (χ1) is 17.0. The van der Waals surface area contributed by atoms with E-state index in [9.17, 15) is 19.2 Å². The predicted octanol–water partition coefficient (Wildman–Crippen LogP) is 3.09. The van der Waals surface area contributed by atoms with Gasteiger partial charge in [-0.2, -0.15) is 0 Å². The minimum atomic E-state index is -0.973. The van der Waals surface area contributed by atoms with Crippen LogP contribution in [0.3, 0.4) is 0 Å². The van der Waals surface area contributed by atoms with Crippen LogP contribution in [0.4, 0.5) is 0 Å². The minimum absolute atomic E-state index is 0.0956. The molecule has 4 amide bonds. The second-order valence-corrected chi connectivity index (χ2v) is 8.78. The second kappa shape index (κ2) is 9.64. The Morgan fingerprint density at radius 3 is 2.29 bits per heavy atom. The van der Waals surface area contributed by atoms with Crippen LogP contribution >= 0.6 is 0 Å². The average Bonchev–Trinajstić information content (AvgIpc) is 3.13. The molecule has 2 aliphatic heterocycles. The van der Waals surface area contributed by atoms with Crippen LogP contribution in [-0.2, 0) is 22.6 Å². The number of rotatable bonds is 7. The van der Waals surface area contributed by atoms with Crippen LogP contribution < -0.4 is 10.6 Å². The number of imide groups is 2. The van der Waals surface area contributed by atoms with Gasteiger partial charge in [0.15, 0.2) is 0 Å². The van der Waals surface area contributed by atoms with Crippen molar-refractivity contribution in [2.75, 3.05) is 6.54 Å². The number of amides is 4. The monoisotopic (exact) mass is 467 g/mol. The molecule has 176 valence electrons. The highest BCUT2D eigenvalue weighted by Gasteiger charge is 2.45. The van der Waals surface area contributed by atoms with Crippen LogP contribution in [0.25, 0.3) is 11.1 Å². The highest BCUT2D eigenvalue weighted by Crippen LogP contribution is 2.34. The molecule has 1 unspecified atom stereocenters. The van der Waals surface area contributed by atoms with Crippen LogP contribution in [0.2, 0.25) is 0 Å². The molecule has 1 saturated heterocycles. The zero-order chi connectivity index (χ0) is 24.4. The van der Waals surface area contributed by atoms with E-state index in [1.807, 2.05) is 48.5 Å². The van der Waals surface area contributed by atoms with E-state index in [2.05, 4.69) is 22.8 Å². The van der Waals surface area contributed by atoms with Crippen molar-refractivity contribution in [3.8, 4) is 11.1 Å². The lowest BCUT2D eigenvalue weighted by molar-refractivity contribution is -0.136. The Hall–Kier alpha value is -4.10. The molecule has 0 spiro atoms. The summed E-state index contributed by atoms with van der Waals surface area (Å²) in [7, 11) is 0. The number of fused-ring (bicyclic) bond motifs is 1. The lowest BCUT2D eigenvalue weighted by atomic mass is 9.95. The van der Waals surface area contributed by atoms with Crippen molar-refractivity contribution < 1.29 is 19.2 Å². The first-order valence-electron chi connectivity index (χ1n) is 11.7. The lowest BCUT2D eigenvalue weighted by Gasteiger charge is -2.27. The number of nitrogens with zero attached hydrogens (tertiary/aromatic N) is 1. The summed E-state index contributed by atoms with van der Waals surface area (Å²) >= 11 is 0. The smallest absolute Gasteiger partial charge is 0.262 e. The van der Waals surface area contributed by atoms with Gasteiger partial charge < -0.3 is 5.32 Å². The standard InChI is InChI=1S/C28H25N3O4/c32-24-14-13-23(26(33)30-24)31-27(34)22-8-4-7-21(25(22)28(31)35)20-11-9-18(10-12-20)15-16-29-17-19-5-2-1-3-6-19/h1-12,23,29H,13-17H2,(H,30,32,33). The predicted molar refractivity (Wildman–Crippen MR) is 130 cm³/mol. The van der Waals surface area contributed by atoms with E-state index in [0.29, 0.717) is 11.1 Å². The van der Waals surface area contributed by atoms with Gasteiger partial charge in [-0.1, -0.05) is 66.7 Å². The number of carbonyl (C=O) groups excluding carboxylic acids is 4. The van der Waals surface area contributed by atoms with Gasteiger partial charge in [0, 0.05) is 13.0 Å². The van der Waals surface area contributed by atoms with Gasteiger partial charge in [-0.25, -0.2) is 0 Å². The third kappa shape index (κ3) is 4.50. The van der Waals surface area contributed by atoms with Gasteiger partial charge >= 0.3 is 0 Å². The second-order valence-electron chi connectivity index (χ2n) is 8.78. The Balaban J connectivity index is 1.30. The Labute approximate surface area is 203 Å². The molecule has 0 radical (unpaired) electrons. The Morgan fingerprint density at radius 1 is 0.800 bits per heavy atom. The normalized spacial score (nSPS) is 17.5. The highest BCUT2D eigenvalue weighted by molar-refractivity contribution is 6.25. The number of nitrogens with one attached hydrogen (secondary N) is 2. The summed E-state index contributed by atoms with van der Waals surface area (Å²) in [5, 5.41) is 5.67. The maximum atomic E-state index is 13.3. The summed E-state index contributed by atoms with van der Waals surface area (Å²) in [4.78, 5) is 51.2. The summed E-state index contributed by atoms with van der Waals surface area (Å²) in [6, 6.07) is 22.4. The van der Waals surface area contributed by atoms with Gasteiger partial charge in [-0.3, -0.25) is 29.4 Å². The summed E-state index contributed by atoms with van der Waals surface area (Å²) in [5.41, 5.74) is 4.48. The van der Waals surface area contributed by atoms with E-state index in [1.54, 1.807) is 12.1 Å². The topological polar surface area (TPSA) is 95.6 Å². The molecule has 0 aromatic heterocycles. The van der Waals surface area contributed by atoms with E-state index in [4.69, 9.17) is 0 Å². The van der Waals surface area contributed by atoms with Crippen LogP contribution in [0.1, 0.15) is 44.7 Å². The van der Waals surface area contributed by atoms with E-state index >= 15 is 0 Å². The number of piperidine rings is 1. The van der Waals surface area contributed by atoms with Gasteiger partial charge in [0.05, 0.1) is 11.1 Å². The summed E-state index contributed by atoms with van der Waals surface area (Å²) in [6.45, 7) is 1.65. The van der Waals surface area contributed by atoms with Crippen molar-refractivity contribution in [3.63, 3.8) is 0 Å². The molecule has 1 fully saturated rings. The van der Waals surface area contributed by atoms with Crippen LogP contribution in [0.5, 0.6) is 0 Å². The number of carbonyl (C=O) groups is 4. The molecule has 2 heterocycles. The SMILES string of the molecule is O=C1CCC(N2C(=O)c3cccc(-c4ccc(CCNCc5ccccc5)cc4)c3C2=O)C(=O)N1. The fourth-order valence-electron chi connectivity index (χ4n) is 4.67. The fraction of sp³-hybridized carbons (Fsp3) is 0.214. The van der Waals surface area contributed by atoms with Gasteiger partial charge in [-0.15, -0.1) is 0 Å². The van der Waals surface area contributed by atoms with Crippen molar-refractivity contribution in [2.24, 2.45) is 0 Å². The quantitative estimate of drug-likeness (QED) is 0.411. The van der Waals surface area contributed by atoms with Crippen LogP contribution in [0.15, 0.2) is 72.8 Å². The van der Waals surface area contributed by atoms with Gasteiger partial charge in [0.1, 0.15) is 6.04 Å². The number of hydrogen-bond donors (Lipinski definition) is 2. The molecule has 3 aromatic carbocycles. The Morgan fingerprint density at radius 2 is 1.54 bits per heavy atom. The molecule has 1 atom stereocenters. The van der Waals surface area contributed by atoms with E-state index < -0.39 is 23.8 Å². The third-order valence-electron chi connectivity index (χ3n) is 6.50. The lowest BCUT2D eigenvalue weighted by Crippen LogP contribution is -2.54. The summed E-state index contributed by atoms with van der Waals surface area (Å²) < 4.78 is 0. The van der Waals surface area contributed by atoms with Crippen LogP contribution in [0, 0.1) is 0 Å². The first-order valence-corrected chi connectivity index (χ1v) is 11.7. The van der Waals surface area contributed by atoms with Crippen molar-refractivity contribution in [1.29, 1.82) is 0 Å². The molecule has 0 bridgehead atoms. The summed E-state index contributed by atoms with van der Waals surface area (Å²) in [5.74, 6) is -1.99. The van der Waals surface area contributed by atoms with Gasteiger partial charge in [0.25, 0.3) is 11.8 Å². The molecule has 2 N–H and O–H groups in total. The molecule has 0 aliphatic carbocycles. The summed E-state index contributed by atoms with van der Waals surface area (Å²) in [6.07, 6.45) is 1.09. The van der Waals surface area contributed by atoms with E-state index in [-0.39, 0.29) is 24.3 Å². The zero-order valence-electron chi connectivity index (χ0n) is 19.1. The van der Waals surface area contributed by atoms with E-state index in [0.717, 1.165) is 35.5 Å². The van der Waals surface area contributed by atoms with Crippen molar-refractivity contribution in [3.05, 3.63) is 95.1 Å². The fourth-order valence-corrected chi connectivity index (χ4v) is 4.67. The molecule has 7 heteroatoms.